The number of anilines is 1. The molecule has 0 spiro atoms. The number of rotatable bonds is 7. The van der Waals surface area contributed by atoms with Crippen molar-refractivity contribution in [3.8, 4) is 5.75 Å². The van der Waals surface area contributed by atoms with Crippen LogP contribution < -0.4 is 9.64 Å². The third-order valence-electron chi connectivity index (χ3n) is 4.56. The molecular formula is C23H22ClFN2O2. The minimum Gasteiger partial charge on any atom is -0.481 e. The Kier molecular flexibility index (Phi) is 6.83. The molecule has 0 saturated heterocycles. The van der Waals surface area contributed by atoms with E-state index in [1.807, 2.05) is 24.3 Å². The van der Waals surface area contributed by atoms with Crippen LogP contribution in [0.1, 0.15) is 25.0 Å². The van der Waals surface area contributed by atoms with Crippen molar-refractivity contribution < 1.29 is 13.9 Å². The number of hydrogen-bond donors (Lipinski definition) is 0. The number of pyridine rings is 1. The van der Waals surface area contributed by atoms with E-state index in [0.29, 0.717) is 11.6 Å². The molecular weight excluding hydrogens is 391 g/mol. The lowest BCUT2D eigenvalue weighted by Crippen LogP contribution is -2.41. The summed E-state index contributed by atoms with van der Waals surface area (Å²) in [7, 11) is 0. The summed E-state index contributed by atoms with van der Waals surface area (Å²) in [6, 6.07) is 17.2. The Hall–Kier alpha value is -2.92. The highest BCUT2D eigenvalue weighted by atomic mass is 35.5. The van der Waals surface area contributed by atoms with Crippen LogP contribution in [-0.4, -0.2) is 17.0 Å². The van der Waals surface area contributed by atoms with Crippen LogP contribution in [0.2, 0.25) is 5.02 Å². The number of ether oxygens (including phenoxy) is 1. The molecule has 29 heavy (non-hydrogen) atoms. The molecule has 2 aromatic carbocycles. The molecule has 1 heterocycles. The molecule has 4 nitrogen and oxygen atoms in total. The Balaban J connectivity index is 1.85. The van der Waals surface area contributed by atoms with E-state index in [0.717, 1.165) is 6.42 Å². The number of hydrogen-bond acceptors (Lipinski definition) is 3. The van der Waals surface area contributed by atoms with Gasteiger partial charge in [-0.2, -0.15) is 0 Å². The predicted octanol–water partition coefficient (Wildman–Crippen LogP) is 5.44. The van der Waals surface area contributed by atoms with E-state index in [1.165, 1.54) is 22.6 Å². The van der Waals surface area contributed by atoms with E-state index in [4.69, 9.17) is 16.3 Å². The van der Waals surface area contributed by atoms with Crippen LogP contribution in [0.4, 0.5) is 10.2 Å². The molecule has 0 aliphatic rings. The minimum absolute atomic E-state index is 0.0518. The van der Waals surface area contributed by atoms with Gasteiger partial charge in [0, 0.05) is 16.8 Å². The molecule has 0 bridgehead atoms. The first-order chi connectivity index (χ1) is 14.0. The topological polar surface area (TPSA) is 42.4 Å². The van der Waals surface area contributed by atoms with Gasteiger partial charge in [-0.3, -0.25) is 9.69 Å². The summed E-state index contributed by atoms with van der Waals surface area (Å²) in [4.78, 5) is 18.8. The molecule has 3 aromatic rings. The monoisotopic (exact) mass is 412 g/mol. The van der Waals surface area contributed by atoms with Gasteiger partial charge in [-0.05, 0) is 55.3 Å². The van der Waals surface area contributed by atoms with Gasteiger partial charge in [-0.1, -0.05) is 42.8 Å². The smallest absolute Gasteiger partial charge is 0.269 e. The summed E-state index contributed by atoms with van der Waals surface area (Å²) in [6.45, 7) is 3.68. The van der Waals surface area contributed by atoms with Crippen LogP contribution in [0.5, 0.6) is 5.75 Å². The van der Waals surface area contributed by atoms with Gasteiger partial charge in [-0.15, -0.1) is 0 Å². The van der Waals surface area contributed by atoms with E-state index in [1.54, 1.807) is 37.4 Å². The molecule has 0 N–H and O–H groups in total. The highest BCUT2D eigenvalue weighted by Gasteiger charge is 2.26. The van der Waals surface area contributed by atoms with E-state index in [-0.39, 0.29) is 23.0 Å². The van der Waals surface area contributed by atoms with Crippen molar-refractivity contribution in [1.29, 1.82) is 0 Å². The zero-order valence-corrected chi connectivity index (χ0v) is 17.1. The third-order valence-corrected chi connectivity index (χ3v) is 4.92. The van der Waals surface area contributed by atoms with Crippen LogP contribution in [0, 0.1) is 5.82 Å². The van der Waals surface area contributed by atoms with E-state index in [9.17, 15) is 9.18 Å². The first kappa shape index (κ1) is 20.8. The summed E-state index contributed by atoms with van der Waals surface area (Å²) in [5.74, 6) is 0.166. The van der Waals surface area contributed by atoms with E-state index in [2.05, 4.69) is 11.9 Å². The average molecular weight is 413 g/mol. The van der Waals surface area contributed by atoms with Gasteiger partial charge in [0.15, 0.2) is 6.10 Å². The van der Waals surface area contributed by atoms with E-state index < -0.39 is 11.9 Å². The lowest BCUT2D eigenvalue weighted by molar-refractivity contribution is -0.124. The largest absolute Gasteiger partial charge is 0.481 e. The molecule has 0 radical (unpaired) electrons. The highest BCUT2D eigenvalue weighted by Crippen LogP contribution is 2.24. The summed E-state index contributed by atoms with van der Waals surface area (Å²) in [5, 5.41) is 0.252. The van der Waals surface area contributed by atoms with Crippen LogP contribution in [0.15, 0.2) is 66.9 Å². The van der Waals surface area contributed by atoms with Crippen molar-refractivity contribution in [2.24, 2.45) is 0 Å². The van der Waals surface area contributed by atoms with Gasteiger partial charge < -0.3 is 4.74 Å². The maximum absolute atomic E-state index is 14.3. The fourth-order valence-corrected chi connectivity index (χ4v) is 3.13. The highest BCUT2D eigenvalue weighted by molar-refractivity contribution is 6.31. The van der Waals surface area contributed by atoms with Gasteiger partial charge >= 0.3 is 0 Å². The molecule has 0 aliphatic carbocycles. The second-order valence-electron chi connectivity index (χ2n) is 6.57. The molecule has 0 fully saturated rings. The Bertz CT molecular complexity index is 944. The fourth-order valence-electron chi connectivity index (χ4n) is 2.90. The summed E-state index contributed by atoms with van der Waals surface area (Å²) in [5.41, 5.74) is 1.41. The second kappa shape index (κ2) is 9.52. The fraction of sp³-hybridized carbons (Fsp3) is 0.217. The van der Waals surface area contributed by atoms with Crippen LogP contribution in [0.25, 0.3) is 0 Å². The quantitative estimate of drug-likeness (QED) is 0.519. The Labute approximate surface area is 174 Å². The lowest BCUT2D eigenvalue weighted by atomic mass is 10.1. The third kappa shape index (κ3) is 5.12. The van der Waals surface area contributed by atoms with Gasteiger partial charge in [0.05, 0.1) is 6.54 Å². The number of nitrogens with zero attached hydrogens (tertiary/aromatic N) is 2. The molecule has 0 aliphatic heterocycles. The van der Waals surface area contributed by atoms with Gasteiger partial charge in [-0.25, -0.2) is 9.37 Å². The molecule has 150 valence electrons. The van der Waals surface area contributed by atoms with Crippen molar-refractivity contribution in [3.05, 3.63) is 88.8 Å². The first-order valence-electron chi connectivity index (χ1n) is 9.40. The molecule has 0 unspecified atom stereocenters. The van der Waals surface area contributed by atoms with Gasteiger partial charge in [0.25, 0.3) is 5.91 Å². The summed E-state index contributed by atoms with van der Waals surface area (Å²) < 4.78 is 20.2. The number of benzene rings is 2. The number of amides is 1. The summed E-state index contributed by atoms with van der Waals surface area (Å²) in [6.07, 6.45) is 1.70. The molecule has 0 saturated carbocycles. The minimum atomic E-state index is -0.796. The molecule has 1 atom stereocenters. The number of aryl methyl sites for hydroxylation is 1. The average Bonchev–Trinajstić information content (AvgIpc) is 2.74. The molecule has 3 rings (SSSR count). The Morgan fingerprint density at radius 2 is 1.90 bits per heavy atom. The summed E-state index contributed by atoms with van der Waals surface area (Å²) >= 11 is 6.17. The second-order valence-corrected chi connectivity index (χ2v) is 6.98. The first-order valence-corrected chi connectivity index (χ1v) is 9.78. The standard InChI is InChI=1S/C23H22ClFN2O2/c1-3-17-10-12-18(13-11-17)29-16(2)23(28)27(22-9-4-5-14-26-22)15-19-20(24)7-6-8-21(19)25/h4-14,16H,3,15H2,1-2H3/t16-/m1/s1. The number of carbonyl (C=O) groups excluding carboxylic acids is 1. The predicted molar refractivity (Wildman–Crippen MR) is 113 cm³/mol. The van der Waals surface area contributed by atoms with Gasteiger partial charge in [0.2, 0.25) is 0 Å². The Morgan fingerprint density at radius 1 is 1.14 bits per heavy atom. The van der Waals surface area contributed by atoms with Crippen LogP contribution in [0.3, 0.4) is 0 Å². The number of carbonyl (C=O) groups is 1. The maximum atomic E-state index is 14.3. The van der Waals surface area contributed by atoms with Gasteiger partial charge in [0.1, 0.15) is 17.4 Å². The zero-order chi connectivity index (χ0) is 20.8. The van der Waals surface area contributed by atoms with E-state index >= 15 is 0 Å². The lowest BCUT2D eigenvalue weighted by Gasteiger charge is -2.26. The van der Waals surface area contributed by atoms with Crippen molar-refractivity contribution in [1.82, 2.24) is 4.98 Å². The molecule has 1 amide bonds. The van der Waals surface area contributed by atoms with Crippen molar-refractivity contribution >= 4 is 23.3 Å². The normalized spacial score (nSPS) is 11.7. The van der Waals surface area contributed by atoms with Crippen LogP contribution in [-0.2, 0) is 17.8 Å². The number of halogens is 2. The maximum Gasteiger partial charge on any atom is 0.269 e. The van der Waals surface area contributed by atoms with Crippen molar-refractivity contribution in [2.75, 3.05) is 4.90 Å². The number of aromatic nitrogens is 1. The molecule has 1 aromatic heterocycles. The Morgan fingerprint density at radius 3 is 2.52 bits per heavy atom. The SMILES string of the molecule is CCc1ccc(O[C@H](C)C(=O)N(Cc2c(F)cccc2Cl)c2ccccn2)cc1. The zero-order valence-electron chi connectivity index (χ0n) is 16.3. The molecule has 6 heteroatoms. The van der Waals surface area contributed by atoms with Crippen LogP contribution >= 0.6 is 11.6 Å². The van der Waals surface area contributed by atoms with Crippen molar-refractivity contribution in [3.63, 3.8) is 0 Å². The van der Waals surface area contributed by atoms with Crippen molar-refractivity contribution in [2.45, 2.75) is 32.9 Å².